The van der Waals surface area contributed by atoms with Gasteiger partial charge in [0, 0.05) is 0 Å². The molecule has 2 aromatic rings. The van der Waals surface area contributed by atoms with Crippen molar-refractivity contribution in [3.05, 3.63) is 54.1 Å². The standard InChI is InChI=1S/C15H14O4/c1-17-12-7-9-14(10-8-12)19-13-5-3-11(4-6-13)15(16)18-2/h3-10H,1-2H3. The van der Waals surface area contributed by atoms with Crippen LogP contribution in [0.25, 0.3) is 0 Å². The number of esters is 1. The van der Waals surface area contributed by atoms with Gasteiger partial charge < -0.3 is 14.2 Å². The van der Waals surface area contributed by atoms with Crippen molar-refractivity contribution < 1.29 is 19.0 Å². The molecular weight excluding hydrogens is 244 g/mol. The number of rotatable bonds is 4. The molecule has 0 N–H and O–H groups in total. The van der Waals surface area contributed by atoms with Gasteiger partial charge in [-0.25, -0.2) is 4.79 Å². The van der Waals surface area contributed by atoms with Crippen molar-refractivity contribution in [2.24, 2.45) is 0 Å². The highest BCUT2D eigenvalue weighted by Crippen LogP contribution is 2.24. The predicted molar refractivity (Wildman–Crippen MR) is 70.8 cm³/mol. The highest BCUT2D eigenvalue weighted by atomic mass is 16.5. The summed E-state index contributed by atoms with van der Waals surface area (Å²) in [6, 6.07) is 14.0. The van der Waals surface area contributed by atoms with Crippen molar-refractivity contribution in [2.45, 2.75) is 0 Å². The smallest absolute Gasteiger partial charge is 0.337 e. The quantitative estimate of drug-likeness (QED) is 0.789. The summed E-state index contributed by atoms with van der Waals surface area (Å²) >= 11 is 0. The van der Waals surface area contributed by atoms with E-state index in [2.05, 4.69) is 4.74 Å². The van der Waals surface area contributed by atoms with Crippen LogP contribution in [0.5, 0.6) is 17.2 Å². The molecular formula is C15H14O4. The van der Waals surface area contributed by atoms with Gasteiger partial charge in [-0.1, -0.05) is 0 Å². The lowest BCUT2D eigenvalue weighted by Gasteiger charge is -2.07. The van der Waals surface area contributed by atoms with E-state index in [1.165, 1.54) is 7.11 Å². The Morgan fingerprint density at radius 3 is 1.74 bits per heavy atom. The molecule has 0 heterocycles. The Kier molecular flexibility index (Phi) is 4.03. The average molecular weight is 258 g/mol. The number of hydrogen-bond donors (Lipinski definition) is 0. The maximum Gasteiger partial charge on any atom is 0.337 e. The molecule has 0 unspecified atom stereocenters. The molecule has 98 valence electrons. The first-order valence-corrected chi connectivity index (χ1v) is 5.73. The summed E-state index contributed by atoms with van der Waals surface area (Å²) in [6.07, 6.45) is 0. The lowest BCUT2D eigenvalue weighted by molar-refractivity contribution is 0.0600. The summed E-state index contributed by atoms with van der Waals surface area (Å²) in [5, 5.41) is 0. The van der Waals surface area contributed by atoms with Crippen molar-refractivity contribution in [1.29, 1.82) is 0 Å². The third kappa shape index (κ3) is 3.25. The lowest BCUT2D eigenvalue weighted by atomic mass is 10.2. The fourth-order valence-corrected chi connectivity index (χ4v) is 1.56. The largest absolute Gasteiger partial charge is 0.497 e. The van der Waals surface area contributed by atoms with Crippen molar-refractivity contribution in [1.82, 2.24) is 0 Å². The Balaban J connectivity index is 2.08. The summed E-state index contributed by atoms with van der Waals surface area (Å²) in [7, 11) is 2.96. The number of ether oxygens (including phenoxy) is 3. The highest BCUT2D eigenvalue weighted by Gasteiger charge is 2.05. The Hall–Kier alpha value is -2.49. The highest BCUT2D eigenvalue weighted by molar-refractivity contribution is 5.89. The molecule has 2 rings (SSSR count). The van der Waals surface area contributed by atoms with Gasteiger partial charge in [0.25, 0.3) is 0 Å². The van der Waals surface area contributed by atoms with E-state index >= 15 is 0 Å². The van der Waals surface area contributed by atoms with Crippen LogP contribution in [0.3, 0.4) is 0 Å². The maximum atomic E-state index is 11.3. The molecule has 4 nitrogen and oxygen atoms in total. The van der Waals surface area contributed by atoms with Crippen LogP contribution in [0, 0.1) is 0 Å². The molecule has 0 atom stereocenters. The van der Waals surface area contributed by atoms with Crippen LogP contribution in [0.4, 0.5) is 0 Å². The minimum atomic E-state index is -0.365. The predicted octanol–water partition coefficient (Wildman–Crippen LogP) is 3.27. The molecule has 0 aliphatic heterocycles. The topological polar surface area (TPSA) is 44.8 Å². The van der Waals surface area contributed by atoms with Crippen molar-refractivity contribution in [3.8, 4) is 17.2 Å². The fraction of sp³-hybridized carbons (Fsp3) is 0.133. The third-order valence-corrected chi connectivity index (χ3v) is 2.57. The van der Waals surface area contributed by atoms with Crippen LogP contribution in [0.1, 0.15) is 10.4 Å². The van der Waals surface area contributed by atoms with Gasteiger partial charge in [-0.15, -0.1) is 0 Å². The van der Waals surface area contributed by atoms with E-state index in [1.54, 1.807) is 31.4 Å². The normalized spacial score (nSPS) is 9.79. The van der Waals surface area contributed by atoms with Gasteiger partial charge >= 0.3 is 5.97 Å². The van der Waals surface area contributed by atoms with Crippen LogP contribution in [0.15, 0.2) is 48.5 Å². The van der Waals surface area contributed by atoms with Gasteiger partial charge in [0.2, 0.25) is 0 Å². The summed E-state index contributed by atoms with van der Waals surface area (Å²) in [5.74, 6) is 1.76. The summed E-state index contributed by atoms with van der Waals surface area (Å²) in [4.78, 5) is 11.3. The molecule has 0 saturated carbocycles. The molecule has 0 saturated heterocycles. The average Bonchev–Trinajstić information content (AvgIpc) is 2.48. The SMILES string of the molecule is COC(=O)c1ccc(Oc2ccc(OC)cc2)cc1. The van der Waals surface area contributed by atoms with Crippen molar-refractivity contribution in [3.63, 3.8) is 0 Å². The first-order chi connectivity index (χ1) is 9.22. The Bertz CT molecular complexity index is 543. The molecule has 0 fully saturated rings. The van der Waals surface area contributed by atoms with E-state index in [9.17, 15) is 4.79 Å². The van der Waals surface area contributed by atoms with E-state index in [-0.39, 0.29) is 5.97 Å². The first kappa shape index (κ1) is 13.0. The molecule has 0 aromatic heterocycles. The van der Waals surface area contributed by atoms with Gasteiger partial charge in [0.05, 0.1) is 19.8 Å². The molecule has 0 spiro atoms. The van der Waals surface area contributed by atoms with Crippen LogP contribution in [-0.4, -0.2) is 20.2 Å². The summed E-state index contributed by atoms with van der Waals surface area (Å²) in [6.45, 7) is 0. The number of carbonyl (C=O) groups excluding carboxylic acids is 1. The third-order valence-electron chi connectivity index (χ3n) is 2.57. The monoisotopic (exact) mass is 258 g/mol. The number of methoxy groups -OCH3 is 2. The van der Waals surface area contributed by atoms with Crippen LogP contribution < -0.4 is 9.47 Å². The molecule has 0 radical (unpaired) electrons. The zero-order valence-corrected chi connectivity index (χ0v) is 10.8. The van der Waals surface area contributed by atoms with E-state index in [0.29, 0.717) is 17.1 Å². The summed E-state index contributed by atoms with van der Waals surface area (Å²) < 4.78 is 15.3. The van der Waals surface area contributed by atoms with Gasteiger partial charge in [0.15, 0.2) is 0 Å². The van der Waals surface area contributed by atoms with E-state index < -0.39 is 0 Å². The summed E-state index contributed by atoms with van der Waals surface area (Å²) in [5.41, 5.74) is 0.490. The van der Waals surface area contributed by atoms with Crippen LogP contribution in [0.2, 0.25) is 0 Å². The van der Waals surface area contributed by atoms with Crippen molar-refractivity contribution in [2.75, 3.05) is 14.2 Å². The fourth-order valence-electron chi connectivity index (χ4n) is 1.56. The van der Waals surface area contributed by atoms with Crippen LogP contribution in [-0.2, 0) is 4.74 Å². The maximum absolute atomic E-state index is 11.3. The second kappa shape index (κ2) is 5.91. The van der Waals surface area contributed by atoms with Gasteiger partial charge in [0.1, 0.15) is 17.2 Å². The molecule has 2 aromatic carbocycles. The zero-order valence-electron chi connectivity index (χ0n) is 10.8. The molecule has 0 amide bonds. The van der Waals surface area contributed by atoms with Gasteiger partial charge in [-0.05, 0) is 48.5 Å². The Morgan fingerprint density at radius 1 is 0.789 bits per heavy atom. The van der Waals surface area contributed by atoms with Gasteiger partial charge in [-0.2, -0.15) is 0 Å². The number of carbonyl (C=O) groups is 1. The minimum Gasteiger partial charge on any atom is -0.497 e. The van der Waals surface area contributed by atoms with E-state index in [0.717, 1.165) is 5.75 Å². The van der Waals surface area contributed by atoms with Crippen molar-refractivity contribution >= 4 is 5.97 Å². The van der Waals surface area contributed by atoms with Gasteiger partial charge in [-0.3, -0.25) is 0 Å². The number of benzene rings is 2. The molecule has 19 heavy (non-hydrogen) atoms. The minimum absolute atomic E-state index is 0.365. The van der Waals surface area contributed by atoms with E-state index in [1.807, 2.05) is 24.3 Å². The zero-order chi connectivity index (χ0) is 13.7. The molecule has 0 aliphatic carbocycles. The Morgan fingerprint density at radius 2 is 1.26 bits per heavy atom. The number of hydrogen-bond acceptors (Lipinski definition) is 4. The second-order valence-corrected chi connectivity index (χ2v) is 3.79. The molecule has 0 bridgehead atoms. The Labute approximate surface area is 111 Å². The lowest BCUT2D eigenvalue weighted by Crippen LogP contribution is -2.00. The molecule has 0 aliphatic rings. The second-order valence-electron chi connectivity index (χ2n) is 3.79. The first-order valence-electron chi connectivity index (χ1n) is 5.73. The van der Waals surface area contributed by atoms with Crippen LogP contribution >= 0.6 is 0 Å². The van der Waals surface area contributed by atoms with E-state index in [4.69, 9.17) is 9.47 Å². The molecule has 4 heteroatoms.